The quantitative estimate of drug-likeness (QED) is 0.745. The Morgan fingerprint density at radius 3 is 2.73 bits per heavy atom. The lowest BCUT2D eigenvalue weighted by atomic mass is 10.3. The molecule has 0 fully saturated rings. The number of hydrogen-bond acceptors (Lipinski definition) is 3. The zero-order valence-corrected chi connectivity index (χ0v) is 7.02. The van der Waals surface area contributed by atoms with Crippen molar-refractivity contribution in [1.29, 1.82) is 0 Å². The van der Waals surface area contributed by atoms with Crippen LogP contribution in [-0.4, -0.2) is 11.1 Å². The summed E-state index contributed by atoms with van der Waals surface area (Å²) >= 11 is 6.76. The molecule has 1 rings (SSSR count). The number of carboxylic acid groups (broad SMARTS) is 1. The van der Waals surface area contributed by atoms with Gasteiger partial charge >= 0.3 is 5.97 Å². The molecule has 0 spiro atoms. The first-order valence-electron chi connectivity index (χ1n) is 2.85. The third kappa shape index (κ3) is 1.92. The molecule has 0 amide bonds. The van der Waals surface area contributed by atoms with E-state index >= 15 is 0 Å². The van der Waals surface area contributed by atoms with Crippen LogP contribution in [0, 0.1) is 0 Å². The third-order valence-electron chi connectivity index (χ3n) is 1.17. The van der Waals surface area contributed by atoms with Crippen molar-refractivity contribution in [2.75, 3.05) is 0 Å². The number of hydrogen-bond donors (Lipinski definition) is 2. The van der Waals surface area contributed by atoms with Crippen LogP contribution < -0.4 is 5.73 Å². The van der Waals surface area contributed by atoms with E-state index in [1.165, 1.54) is 11.3 Å². The van der Waals surface area contributed by atoms with E-state index in [9.17, 15) is 4.79 Å². The maximum absolute atomic E-state index is 10.3. The molecule has 0 aliphatic carbocycles. The second-order valence-corrected chi connectivity index (χ2v) is 3.70. The SMILES string of the molecule is N[C@@H](C(=O)O)c1ccc(Cl)s1. The standard InChI is InChI=1S/C6H6ClNO2S/c7-4-2-1-3(11-4)5(8)6(9)10/h1-2,5H,8H2,(H,9,10)/t5-/m1/s1. The van der Waals surface area contributed by atoms with Crippen molar-refractivity contribution in [3.8, 4) is 0 Å². The zero-order valence-electron chi connectivity index (χ0n) is 5.45. The number of thiophene rings is 1. The molecule has 0 aliphatic heterocycles. The highest BCUT2D eigenvalue weighted by molar-refractivity contribution is 7.16. The van der Waals surface area contributed by atoms with Gasteiger partial charge < -0.3 is 10.8 Å². The lowest BCUT2D eigenvalue weighted by molar-refractivity contribution is -0.138. The van der Waals surface area contributed by atoms with Crippen molar-refractivity contribution in [2.45, 2.75) is 6.04 Å². The van der Waals surface area contributed by atoms with Crippen LogP contribution in [0.25, 0.3) is 0 Å². The van der Waals surface area contributed by atoms with Gasteiger partial charge in [-0.2, -0.15) is 0 Å². The first kappa shape index (κ1) is 8.52. The molecule has 0 unspecified atom stereocenters. The maximum Gasteiger partial charge on any atom is 0.325 e. The lowest BCUT2D eigenvalue weighted by Crippen LogP contribution is -2.19. The number of carboxylic acids is 1. The van der Waals surface area contributed by atoms with E-state index in [1.54, 1.807) is 12.1 Å². The third-order valence-corrected chi connectivity index (χ3v) is 2.48. The second-order valence-electron chi connectivity index (χ2n) is 1.96. The summed E-state index contributed by atoms with van der Waals surface area (Å²) in [6, 6.07) is 2.29. The summed E-state index contributed by atoms with van der Waals surface area (Å²) in [5, 5.41) is 8.48. The van der Waals surface area contributed by atoms with Gasteiger partial charge in [0.1, 0.15) is 6.04 Å². The average molecular weight is 192 g/mol. The maximum atomic E-state index is 10.3. The Labute approximate surface area is 72.4 Å². The number of nitrogens with two attached hydrogens (primary N) is 1. The smallest absolute Gasteiger partial charge is 0.325 e. The summed E-state index contributed by atoms with van der Waals surface area (Å²) in [4.78, 5) is 10.9. The summed E-state index contributed by atoms with van der Waals surface area (Å²) in [6.45, 7) is 0. The molecule has 5 heteroatoms. The number of rotatable bonds is 2. The van der Waals surface area contributed by atoms with Gasteiger partial charge in [-0.25, -0.2) is 0 Å². The van der Waals surface area contributed by atoms with Crippen molar-refractivity contribution in [3.63, 3.8) is 0 Å². The molecule has 1 aromatic heterocycles. The summed E-state index contributed by atoms with van der Waals surface area (Å²) < 4.78 is 0.553. The van der Waals surface area contributed by atoms with Crippen molar-refractivity contribution < 1.29 is 9.90 Å². The van der Waals surface area contributed by atoms with Gasteiger partial charge in [-0.1, -0.05) is 11.6 Å². The minimum atomic E-state index is -1.04. The number of aliphatic carboxylic acids is 1. The minimum Gasteiger partial charge on any atom is -0.480 e. The van der Waals surface area contributed by atoms with E-state index in [0.29, 0.717) is 9.21 Å². The summed E-state index contributed by atoms with van der Waals surface area (Å²) in [6.07, 6.45) is 0. The summed E-state index contributed by atoms with van der Waals surface area (Å²) in [5.74, 6) is -1.04. The summed E-state index contributed by atoms with van der Waals surface area (Å²) in [7, 11) is 0. The van der Waals surface area contributed by atoms with Gasteiger partial charge in [-0.05, 0) is 12.1 Å². The predicted octanol–water partition coefficient (Wildman–Crippen LogP) is 1.49. The van der Waals surface area contributed by atoms with E-state index in [2.05, 4.69) is 0 Å². The van der Waals surface area contributed by atoms with Crippen LogP contribution >= 0.6 is 22.9 Å². The Bertz CT molecular complexity index is 273. The van der Waals surface area contributed by atoms with E-state index < -0.39 is 12.0 Å². The first-order chi connectivity index (χ1) is 5.11. The number of halogens is 1. The van der Waals surface area contributed by atoms with Crippen LogP contribution in [0.1, 0.15) is 10.9 Å². The largest absolute Gasteiger partial charge is 0.480 e. The molecular formula is C6H6ClNO2S. The van der Waals surface area contributed by atoms with Crippen molar-refractivity contribution >= 4 is 28.9 Å². The topological polar surface area (TPSA) is 63.3 Å². The molecular weight excluding hydrogens is 186 g/mol. The molecule has 3 N–H and O–H groups in total. The van der Waals surface area contributed by atoms with Crippen LogP contribution in [0.2, 0.25) is 4.34 Å². The highest BCUT2D eigenvalue weighted by Crippen LogP contribution is 2.25. The highest BCUT2D eigenvalue weighted by Gasteiger charge is 2.15. The van der Waals surface area contributed by atoms with Crippen LogP contribution in [0.4, 0.5) is 0 Å². The molecule has 0 saturated carbocycles. The van der Waals surface area contributed by atoms with Crippen molar-refractivity contribution in [3.05, 3.63) is 21.3 Å². The van der Waals surface area contributed by atoms with E-state index in [4.69, 9.17) is 22.4 Å². The van der Waals surface area contributed by atoms with Gasteiger partial charge in [0.15, 0.2) is 0 Å². The Kier molecular flexibility index (Phi) is 2.49. The van der Waals surface area contributed by atoms with Gasteiger partial charge in [0.05, 0.1) is 4.34 Å². The Hall–Kier alpha value is -0.580. The monoisotopic (exact) mass is 191 g/mol. The van der Waals surface area contributed by atoms with Gasteiger partial charge in [0.2, 0.25) is 0 Å². The van der Waals surface area contributed by atoms with Gasteiger partial charge in [-0.15, -0.1) is 11.3 Å². The fraction of sp³-hybridized carbons (Fsp3) is 0.167. The molecule has 1 aromatic rings. The van der Waals surface area contributed by atoms with E-state index in [0.717, 1.165) is 0 Å². The molecule has 60 valence electrons. The van der Waals surface area contributed by atoms with Crippen LogP contribution in [0.3, 0.4) is 0 Å². The van der Waals surface area contributed by atoms with Gasteiger partial charge in [0.25, 0.3) is 0 Å². The Balaban J connectivity index is 2.84. The molecule has 0 aromatic carbocycles. The number of carbonyl (C=O) groups is 1. The fourth-order valence-electron chi connectivity index (χ4n) is 0.617. The minimum absolute atomic E-state index is 0.553. The zero-order chi connectivity index (χ0) is 8.43. The normalized spacial score (nSPS) is 12.9. The first-order valence-corrected chi connectivity index (χ1v) is 4.04. The predicted molar refractivity (Wildman–Crippen MR) is 43.9 cm³/mol. The summed E-state index contributed by atoms with van der Waals surface area (Å²) in [5.41, 5.74) is 5.30. The van der Waals surface area contributed by atoms with E-state index in [-0.39, 0.29) is 0 Å². The Morgan fingerprint density at radius 1 is 1.73 bits per heavy atom. The molecule has 0 saturated heterocycles. The average Bonchev–Trinajstić information content (AvgIpc) is 2.34. The lowest BCUT2D eigenvalue weighted by Gasteiger charge is -2.00. The van der Waals surface area contributed by atoms with Gasteiger partial charge in [-0.3, -0.25) is 4.79 Å². The van der Waals surface area contributed by atoms with Gasteiger partial charge in [0, 0.05) is 4.88 Å². The van der Waals surface area contributed by atoms with Crippen LogP contribution in [-0.2, 0) is 4.79 Å². The molecule has 11 heavy (non-hydrogen) atoms. The molecule has 0 radical (unpaired) electrons. The molecule has 0 bridgehead atoms. The van der Waals surface area contributed by atoms with Crippen molar-refractivity contribution in [1.82, 2.24) is 0 Å². The molecule has 1 atom stereocenters. The Morgan fingerprint density at radius 2 is 2.36 bits per heavy atom. The van der Waals surface area contributed by atoms with E-state index in [1.807, 2.05) is 0 Å². The highest BCUT2D eigenvalue weighted by atomic mass is 35.5. The molecule has 1 heterocycles. The second kappa shape index (κ2) is 3.21. The van der Waals surface area contributed by atoms with Crippen LogP contribution in [0.15, 0.2) is 12.1 Å². The molecule has 3 nitrogen and oxygen atoms in total. The molecule has 0 aliphatic rings. The van der Waals surface area contributed by atoms with Crippen LogP contribution in [0.5, 0.6) is 0 Å². The van der Waals surface area contributed by atoms with Crippen molar-refractivity contribution in [2.24, 2.45) is 5.73 Å². The fourth-order valence-corrected chi connectivity index (χ4v) is 1.67.